The van der Waals surface area contributed by atoms with Crippen molar-refractivity contribution in [1.29, 1.82) is 0 Å². The van der Waals surface area contributed by atoms with Gasteiger partial charge in [0.25, 0.3) is 0 Å². The lowest BCUT2D eigenvalue weighted by Gasteiger charge is -2.37. The number of piperazine rings is 1. The van der Waals surface area contributed by atoms with Crippen molar-refractivity contribution in [2.75, 3.05) is 40.3 Å². The molecule has 7 heteroatoms. The molecule has 2 aliphatic heterocycles. The van der Waals surface area contributed by atoms with Crippen molar-refractivity contribution in [2.24, 2.45) is 9.98 Å². The van der Waals surface area contributed by atoms with E-state index in [1.807, 2.05) is 42.6 Å². The number of hydrogen-bond donors (Lipinski definition) is 0. The third-order valence-corrected chi connectivity index (χ3v) is 5.07. The molecule has 1 aromatic carbocycles. The van der Waals surface area contributed by atoms with Gasteiger partial charge in [-0.1, -0.05) is 6.07 Å². The quantitative estimate of drug-likeness (QED) is 0.816. The molecule has 0 bridgehead atoms. The summed E-state index contributed by atoms with van der Waals surface area (Å²) in [5, 5.41) is 0. The number of aliphatic imine (C=N–C) groups is 2. The summed E-state index contributed by atoms with van der Waals surface area (Å²) in [5.41, 5.74) is 0.950. The van der Waals surface area contributed by atoms with Crippen LogP contribution < -0.4 is 9.47 Å². The number of nitrogens with zero attached hydrogens (tertiary/aromatic N) is 5. The third kappa shape index (κ3) is 4.21. The van der Waals surface area contributed by atoms with Gasteiger partial charge < -0.3 is 14.4 Å². The van der Waals surface area contributed by atoms with E-state index in [1.54, 1.807) is 19.5 Å². The second-order valence-corrected chi connectivity index (χ2v) is 6.99. The fourth-order valence-corrected chi connectivity index (χ4v) is 3.35. The summed E-state index contributed by atoms with van der Waals surface area (Å²) in [5.74, 6) is 2.20. The minimum absolute atomic E-state index is 0.0660. The van der Waals surface area contributed by atoms with E-state index in [-0.39, 0.29) is 12.2 Å². The van der Waals surface area contributed by atoms with Crippen LogP contribution in [0.25, 0.3) is 0 Å². The maximum Gasteiger partial charge on any atom is 0.215 e. The molecular formula is C21H25N5O2. The van der Waals surface area contributed by atoms with Crippen LogP contribution in [-0.2, 0) is 0 Å². The molecule has 2 aromatic rings. The van der Waals surface area contributed by atoms with Gasteiger partial charge in [-0.15, -0.1) is 0 Å². The van der Waals surface area contributed by atoms with Gasteiger partial charge >= 0.3 is 0 Å². The van der Waals surface area contributed by atoms with Crippen LogP contribution in [0.5, 0.6) is 11.5 Å². The van der Waals surface area contributed by atoms with Gasteiger partial charge in [-0.3, -0.25) is 14.9 Å². The molecule has 1 saturated heterocycles. The van der Waals surface area contributed by atoms with Gasteiger partial charge in [-0.2, -0.15) is 0 Å². The fraction of sp³-hybridized carbons (Fsp3) is 0.381. The van der Waals surface area contributed by atoms with Gasteiger partial charge in [0.2, 0.25) is 5.90 Å². The highest BCUT2D eigenvalue weighted by molar-refractivity contribution is 6.00. The van der Waals surface area contributed by atoms with Crippen LogP contribution in [0.3, 0.4) is 0 Å². The van der Waals surface area contributed by atoms with Gasteiger partial charge in [-0.05, 0) is 37.4 Å². The maximum absolute atomic E-state index is 6.23. The Labute approximate surface area is 165 Å². The van der Waals surface area contributed by atoms with Crippen molar-refractivity contribution in [3.8, 4) is 11.5 Å². The number of ether oxygens (including phenoxy) is 2. The maximum atomic E-state index is 6.23. The van der Waals surface area contributed by atoms with Crippen molar-refractivity contribution in [3.63, 3.8) is 0 Å². The van der Waals surface area contributed by atoms with E-state index >= 15 is 0 Å². The normalized spacial score (nSPS) is 23.3. The van der Waals surface area contributed by atoms with E-state index in [1.165, 1.54) is 0 Å². The molecule has 1 aromatic heterocycles. The molecule has 7 nitrogen and oxygen atoms in total. The number of benzene rings is 1. The molecule has 0 radical (unpaired) electrons. The number of pyridine rings is 1. The smallest absolute Gasteiger partial charge is 0.215 e. The minimum atomic E-state index is -0.328. The van der Waals surface area contributed by atoms with Crippen molar-refractivity contribution in [1.82, 2.24) is 14.8 Å². The second kappa shape index (κ2) is 8.50. The number of likely N-dealkylation sites (N-methyl/N-ethyl adjacent to an activating group) is 1. The molecule has 0 aliphatic carbocycles. The van der Waals surface area contributed by atoms with Gasteiger partial charge in [-0.25, -0.2) is 4.99 Å². The van der Waals surface area contributed by atoms with Gasteiger partial charge in [0.05, 0.1) is 7.11 Å². The summed E-state index contributed by atoms with van der Waals surface area (Å²) in [6.45, 7) is 3.95. The van der Waals surface area contributed by atoms with Crippen LogP contribution in [0, 0.1) is 0 Å². The Kier molecular flexibility index (Phi) is 5.64. The molecule has 28 heavy (non-hydrogen) atoms. The Morgan fingerprint density at radius 2 is 1.75 bits per heavy atom. The SMILES string of the molecule is COc1ccc(OC2=NC(c3cccnc3)N=CC2N2CCN(C)CC2)cc1. The summed E-state index contributed by atoms with van der Waals surface area (Å²) in [6.07, 6.45) is 5.19. The molecule has 2 unspecified atom stereocenters. The zero-order valence-electron chi connectivity index (χ0n) is 16.2. The Hall–Kier alpha value is -2.77. The highest BCUT2D eigenvalue weighted by Gasteiger charge is 2.31. The van der Waals surface area contributed by atoms with Crippen molar-refractivity contribution in [2.45, 2.75) is 12.2 Å². The Morgan fingerprint density at radius 1 is 1.00 bits per heavy atom. The van der Waals surface area contributed by atoms with Crippen molar-refractivity contribution in [3.05, 3.63) is 54.4 Å². The lowest BCUT2D eigenvalue weighted by atomic mass is 10.1. The largest absolute Gasteiger partial charge is 0.497 e. The molecule has 2 aliphatic rings. The molecular weight excluding hydrogens is 354 g/mol. The van der Waals surface area contributed by atoms with Gasteiger partial charge in [0.15, 0.2) is 6.17 Å². The van der Waals surface area contributed by atoms with Crippen LogP contribution in [0.2, 0.25) is 0 Å². The number of aromatic nitrogens is 1. The van der Waals surface area contributed by atoms with Crippen LogP contribution in [-0.4, -0.2) is 73.3 Å². The molecule has 4 rings (SSSR count). The van der Waals surface area contributed by atoms with Gasteiger partial charge in [0, 0.05) is 50.4 Å². The molecule has 0 N–H and O–H groups in total. The first kappa shape index (κ1) is 18.6. The standard InChI is InChI=1S/C21H25N5O2/c1-25-10-12-26(13-11-25)19-15-23-20(16-4-3-9-22-14-16)24-21(19)28-18-7-5-17(27-2)6-8-18/h3-9,14-15,19-20H,10-13H2,1-2H3. The second-order valence-electron chi connectivity index (χ2n) is 6.99. The molecule has 0 spiro atoms. The summed E-state index contributed by atoms with van der Waals surface area (Å²) >= 11 is 0. The van der Waals surface area contributed by atoms with E-state index in [2.05, 4.69) is 26.8 Å². The van der Waals surface area contributed by atoms with Gasteiger partial charge in [0.1, 0.15) is 17.5 Å². The average molecular weight is 379 g/mol. The first-order chi connectivity index (χ1) is 13.7. The lowest BCUT2D eigenvalue weighted by Crippen LogP contribution is -2.54. The zero-order chi connectivity index (χ0) is 19.3. The summed E-state index contributed by atoms with van der Waals surface area (Å²) < 4.78 is 11.5. The van der Waals surface area contributed by atoms with E-state index in [9.17, 15) is 0 Å². The molecule has 0 saturated carbocycles. The van der Waals surface area contributed by atoms with E-state index in [4.69, 9.17) is 14.5 Å². The molecule has 146 valence electrons. The molecule has 3 heterocycles. The third-order valence-electron chi connectivity index (χ3n) is 5.07. The Morgan fingerprint density at radius 3 is 2.43 bits per heavy atom. The molecule has 2 atom stereocenters. The van der Waals surface area contributed by atoms with E-state index < -0.39 is 0 Å². The zero-order valence-corrected chi connectivity index (χ0v) is 16.2. The predicted molar refractivity (Wildman–Crippen MR) is 109 cm³/mol. The van der Waals surface area contributed by atoms with E-state index in [0.717, 1.165) is 43.2 Å². The highest BCUT2D eigenvalue weighted by atomic mass is 16.5. The summed E-state index contributed by atoms with van der Waals surface area (Å²) in [6, 6.07) is 11.4. The lowest BCUT2D eigenvalue weighted by molar-refractivity contribution is 0.151. The van der Waals surface area contributed by atoms with Crippen LogP contribution >= 0.6 is 0 Å². The fourth-order valence-electron chi connectivity index (χ4n) is 3.35. The van der Waals surface area contributed by atoms with Crippen molar-refractivity contribution >= 4 is 12.1 Å². The Bertz CT molecular complexity index is 830. The van der Waals surface area contributed by atoms with Crippen LogP contribution in [0.15, 0.2) is 58.8 Å². The average Bonchev–Trinajstić information content (AvgIpc) is 2.76. The molecule has 0 amide bonds. The monoisotopic (exact) mass is 379 g/mol. The number of methoxy groups -OCH3 is 1. The highest BCUT2D eigenvalue weighted by Crippen LogP contribution is 2.25. The summed E-state index contributed by atoms with van der Waals surface area (Å²) in [4.78, 5) is 18.4. The van der Waals surface area contributed by atoms with E-state index in [0.29, 0.717) is 5.90 Å². The van der Waals surface area contributed by atoms with Crippen LogP contribution in [0.1, 0.15) is 11.7 Å². The topological polar surface area (TPSA) is 62.6 Å². The number of hydrogen-bond acceptors (Lipinski definition) is 7. The Balaban J connectivity index is 1.59. The molecule has 1 fully saturated rings. The first-order valence-electron chi connectivity index (χ1n) is 9.48. The van der Waals surface area contributed by atoms with Crippen molar-refractivity contribution < 1.29 is 9.47 Å². The minimum Gasteiger partial charge on any atom is -0.497 e. The predicted octanol–water partition coefficient (Wildman–Crippen LogP) is 2.27. The number of rotatable bonds is 4. The first-order valence-corrected chi connectivity index (χ1v) is 9.48. The van der Waals surface area contributed by atoms with Crippen LogP contribution in [0.4, 0.5) is 0 Å². The summed E-state index contributed by atoms with van der Waals surface area (Å²) in [7, 11) is 3.80.